The fourth-order valence-electron chi connectivity index (χ4n) is 1.47. The van der Waals surface area contributed by atoms with Crippen molar-refractivity contribution in [1.29, 1.82) is 0 Å². The van der Waals surface area contributed by atoms with Crippen LogP contribution in [0.3, 0.4) is 0 Å². The quantitative estimate of drug-likeness (QED) is 0.862. The Balaban J connectivity index is 2.29. The number of hydrogen-bond acceptors (Lipinski definition) is 3. The summed E-state index contributed by atoms with van der Waals surface area (Å²) < 4.78 is 30.7. The minimum atomic E-state index is -0.968. The Kier molecular flexibility index (Phi) is 3.75. The average Bonchev–Trinajstić information content (AvgIpc) is 2.41. The number of benzene rings is 2. The van der Waals surface area contributed by atoms with Gasteiger partial charge in [0.1, 0.15) is 11.5 Å². The summed E-state index contributed by atoms with van der Waals surface area (Å²) in [4.78, 5) is 3.97. The van der Waals surface area contributed by atoms with Gasteiger partial charge in [0.15, 0.2) is 11.6 Å². The molecule has 0 amide bonds. The number of halogens is 2. The van der Waals surface area contributed by atoms with Crippen LogP contribution in [-0.2, 0) is 0 Å². The van der Waals surface area contributed by atoms with Crippen LogP contribution >= 0.6 is 0 Å². The highest BCUT2D eigenvalue weighted by molar-refractivity contribution is 5.85. The molecule has 0 fully saturated rings. The van der Waals surface area contributed by atoms with Gasteiger partial charge in [0.25, 0.3) is 0 Å². The van der Waals surface area contributed by atoms with Gasteiger partial charge in [0.2, 0.25) is 0 Å². The summed E-state index contributed by atoms with van der Waals surface area (Å²) in [6.07, 6.45) is 1.35. The van der Waals surface area contributed by atoms with Gasteiger partial charge in [-0.3, -0.25) is 4.99 Å². The number of rotatable bonds is 3. The first-order valence-electron chi connectivity index (χ1n) is 5.46. The standard InChI is InChI=1S/C14H11F2NO2/c1-19-11-3-5-14(18)9(6-11)8-17-10-2-4-12(15)13(16)7-10/h2-8,18H,1H3. The van der Waals surface area contributed by atoms with Gasteiger partial charge >= 0.3 is 0 Å². The van der Waals surface area contributed by atoms with Crippen molar-refractivity contribution in [3.63, 3.8) is 0 Å². The van der Waals surface area contributed by atoms with Crippen LogP contribution in [0.4, 0.5) is 14.5 Å². The Labute approximate surface area is 108 Å². The van der Waals surface area contributed by atoms with Crippen LogP contribution in [0.15, 0.2) is 41.4 Å². The summed E-state index contributed by atoms with van der Waals surface area (Å²) >= 11 is 0. The Morgan fingerprint density at radius 2 is 1.89 bits per heavy atom. The monoisotopic (exact) mass is 263 g/mol. The zero-order valence-electron chi connectivity index (χ0n) is 10.1. The second kappa shape index (κ2) is 5.48. The Morgan fingerprint density at radius 3 is 2.58 bits per heavy atom. The Morgan fingerprint density at radius 1 is 1.11 bits per heavy atom. The van der Waals surface area contributed by atoms with E-state index in [4.69, 9.17) is 4.74 Å². The summed E-state index contributed by atoms with van der Waals surface area (Å²) in [7, 11) is 1.50. The van der Waals surface area contributed by atoms with Crippen molar-refractivity contribution in [1.82, 2.24) is 0 Å². The number of ether oxygens (including phenoxy) is 1. The van der Waals surface area contributed by atoms with Crippen LogP contribution in [0.1, 0.15) is 5.56 Å². The Bertz CT molecular complexity index is 627. The van der Waals surface area contributed by atoms with E-state index in [-0.39, 0.29) is 11.4 Å². The van der Waals surface area contributed by atoms with E-state index in [1.54, 1.807) is 12.1 Å². The molecular formula is C14H11F2NO2. The number of hydrogen-bond donors (Lipinski definition) is 1. The van der Waals surface area contributed by atoms with Crippen molar-refractivity contribution < 1.29 is 18.6 Å². The third-order valence-corrected chi connectivity index (χ3v) is 2.49. The molecule has 0 aliphatic carbocycles. The molecule has 0 saturated carbocycles. The van der Waals surface area contributed by atoms with Gasteiger partial charge in [0.05, 0.1) is 12.8 Å². The van der Waals surface area contributed by atoms with E-state index in [0.717, 1.165) is 12.1 Å². The molecule has 0 spiro atoms. The van der Waals surface area contributed by atoms with Gasteiger partial charge in [-0.25, -0.2) is 8.78 Å². The predicted molar refractivity (Wildman–Crippen MR) is 68.3 cm³/mol. The summed E-state index contributed by atoms with van der Waals surface area (Å²) in [5.41, 5.74) is 0.671. The molecule has 0 heterocycles. The topological polar surface area (TPSA) is 41.8 Å². The highest BCUT2D eigenvalue weighted by Gasteiger charge is 2.03. The fraction of sp³-hybridized carbons (Fsp3) is 0.0714. The summed E-state index contributed by atoms with van der Waals surface area (Å²) in [6, 6.07) is 7.96. The van der Waals surface area contributed by atoms with Gasteiger partial charge in [-0.05, 0) is 30.3 Å². The van der Waals surface area contributed by atoms with E-state index in [2.05, 4.69) is 4.99 Å². The number of aromatic hydroxyl groups is 1. The molecule has 2 rings (SSSR count). The molecular weight excluding hydrogens is 252 g/mol. The van der Waals surface area contributed by atoms with Crippen LogP contribution in [0, 0.1) is 11.6 Å². The Hall–Kier alpha value is -2.43. The highest BCUT2D eigenvalue weighted by Crippen LogP contribution is 2.22. The molecule has 0 atom stereocenters. The van der Waals surface area contributed by atoms with Crippen molar-refractivity contribution >= 4 is 11.9 Å². The smallest absolute Gasteiger partial charge is 0.160 e. The van der Waals surface area contributed by atoms with Crippen LogP contribution in [0.5, 0.6) is 11.5 Å². The van der Waals surface area contributed by atoms with E-state index in [9.17, 15) is 13.9 Å². The predicted octanol–water partition coefficient (Wildman–Crippen LogP) is 3.43. The molecule has 1 N–H and O–H groups in total. The highest BCUT2D eigenvalue weighted by atomic mass is 19.2. The number of nitrogens with zero attached hydrogens (tertiary/aromatic N) is 1. The van der Waals surface area contributed by atoms with E-state index in [0.29, 0.717) is 11.3 Å². The lowest BCUT2D eigenvalue weighted by atomic mass is 10.2. The van der Waals surface area contributed by atoms with Crippen molar-refractivity contribution in [3.05, 3.63) is 53.6 Å². The zero-order chi connectivity index (χ0) is 13.8. The number of methoxy groups -OCH3 is 1. The molecule has 0 aliphatic rings. The third-order valence-electron chi connectivity index (χ3n) is 2.49. The van der Waals surface area contributed by atoms with Crippen molar-refractivity contribution in [3.8, 4) is 11.5 Å². The first-order chi connectivity index (χ1) is 9.10. The van der Waals surface area contributed by atoms with E-state index in [1.165, 1.54) is 25.5 Å². The lowest BCUT2D eigenvalue weighted by Crippen LogP contribution is -1.87. The molecule has 0 saturated heterocycles. The number of aliphatic imine (C=N–C) groups is 1. The van der Waals surface area contributed by atoms with Gasteiger partial charge < -0.3 is 9.84 Å². The first kappa shape index (κ1) is 13.0. The van der Waals surface area contributed by atoms with Crippen LogP contribution in [0.25, 0.3) is 0 Å². The lowest BCUT2D eigenvalue weighted by Gasteiger charge is -2.03. The maximum absolute atomic E-state index is 13.0. The number of phenols is 1. The molecule has 5 heteroatoms. The van der Waals surface area contributed by atoms with Gasteiger partial charge in [-0.15, -0.1) is 0 Å². The molecule has 0 radical (unpaired) electrons. The SMILES string of the molecule is COc1ccc(O)c(C=Nc2ccc(F)c(F)c2)c1. The maximum Gasteiger partial charge on any atom is 0.160 e. The molecule has 2 aromatic carbocycles. The second-order valence-corrected chi connectivity index (χ2v) is 3.78. The summed E-state index contributed by atoms with van der Waals surface area (Å²) in [6.45, 7) is 0. The molecule has 19 heavy (non-hydrogen) atoms. The van der Waals surface area contributed by atoms with Crippen molar-refractivity contribution in [2.24, 2.45) is 4.99 Å². The molecule has 0 bridgehead atoms. The van der Waals surface area contributed by atoms with Gasteiger partial charge in [-0.2, -0.15) is 0 Å². The third kappa shape index (κ3) is 3.07. The normalized spacial score (nSPS) is 10.9. The van der Waals surface area contributed by atoms with E-state index in [1.807, 2.05) is 0 Å². The van der Waals surface area contributed by atoms with Crippen molar-refractivity contribution in [2.75, 3.05) is 7.11 Å². The molecule has 0 aromatic heterocycles. The van der Waals surface area contributed by atoms with Crippen LogP contribution in [-0.4, -0.2) is 18.4 Å². The first-order valence-corrected chi connectivity index (χ1v) is 5.46. The van der Waals surface area contributed by atoms with E-state index < -0.39 is 11.6 Å². The summed E-state index contributed by atoms with van der Waals surface area (Å²) in [5.74, 6) is -1.32. The molecule has 98 valence electrons. The molecule has 0 unspecified atom stereocenters. The minimum Gasteiger partial charge on any atom is -0.507 e. The van der Waals surface area contributed by atoms with E-state index >= 15 is 0 Å². The average molecular weight is 263 g/mol. The number of phenolic OH excluding ortho intramolecular Hbond substituents is 1. The largest absolute Gasteiger partial charge is 0.507 e. The van der Waals surface area contributed by atoms with Gasteiger partial charge in [0, 0.05) is 17.8 Å². The minimum absolute atomic E-state index is 0.0205. The summed E-state index contributed by atoms with van der Waals surface area (Å²) in [5, 5.41) is 9.63. The van der Waals surface area contributed by atoms with Gasteiger partial charge in [-0.1, -0.05) is 0 Å². The zero-order valence-corrected chi connectivity index (χ0v) is 10.1. The lowest BCUT2D eigenvalue weighted by molar-refractivity contribution is 0.412. The van der Waals surface area contributed by atoms with Crippen LogP contribution in [0.2, 0.25) is 0 Å². The van der Waals surface area contributed by atoms with Crippen LogP contribution < -0.4 is 4.74 Å². The van der Waals surface area contributed by atoms with Crippen molar-refractivity contribution in [2.45, 2.75) is 0 Å². The fourth-order valence-corrected chi connectivity index (χ4v) is 1.47. The molecule has 3 nitrogen and oxygen atoms in total. The second-order valence-electron chi connectivity index (χ2n) is 3.78. The molecule has 2 aromatic rings. The maximum atomic E-state index is 13.0. The molecule has 0 aliphatic heterocycles.